The van der Waals surface area contributed by atoms with Gasteiger partial charge in [0.1, 0.15) is 0 Å². The molecule has 1 spiro atoms. The van der Waals surface area contributed by atoms with E-state index in [9.17, 15) is 9.59 Å². The lowest BCUT2D eigenvalue weighted by Crippen LogP contribution is -2.40. The topological polar surface area (TPSA) is 55.4 Å². The van der Waals surface area contributed by atoms with Crippen molar-refractivity contribution >= 4 is 11.7 Å². The van der Waals surface area contributed by atoms with Crippen LogP contribution in [0.15, 0.2) is 30.3 Å². The van der Waals surface area contributed by atoms with Crippen LogP contribution in [0.25, 0.3) is 0 Å². The average molecular weight is 287 g/mol. The molecule has 1 heterocycles. The fraction of sp³-hybridized carbons (Fsp3) is 0.529. The zero-order valence-electron chi connectivity index (χ0n) is 12.1. The molecule has 1 aliphatic carbocycles. The fourth-order valence-electron chi connectivity index (χ4n) is 3.45. The Labute approximate surface area is 124 Å². The van der Waals surface area contributed by atoms with Crippen LogP contribution in [0, 0.1) is 0 Å². The number of hydrogen-bond acceptors (Lipinski definition) is 3. The Balaban J connectivity index is 1.57. The molecule has 0 bridgehead atoms. The van der Waals surface area contributed by atoms with E-state index in [2.05, 4.69) is 5.32 Å². The normalized spacial score (nSPS) is 23.9. The SMILES string of the molecule is O=C(N[C@@H]1COC2(CCCCC2)C1)C(=O)c1ccccc1. The summed E-state index contributed by atoms with van der Waals surface area (Å²) < 4.78 is 5.95. The number of ether oxygens (including phenoxy) is 1. The molecule has 4 nitrogen and oxygen atoms in total. The Morgan fingerprint density at radius 3 is 2.52 bits per heavy atom. The predicted octanol–water partition coefficient (Wildman–Crippen LogP) is 2.48. The molecule has 1 aromatic carbocycles. The molecule has 112 valence electrons. The Morgan fingerprint density at radius 1 is 1.10 bits per heavy atom. The van der Waals surface area contributed by atoms with E-state index in [0.717, 1.165) is 19.3 Å². The van der Waals surface area contributed by atoms with Gasteiger partial charge in [0.2, 0.25) is 5.78 Å². The monoisotopic (exact) mass is 287 g/mol. The zero-order chi connectivity index (χ0) is 14.7. The first-order valence-corrected chi connectivity index (χ1v) is 7.73. The van der Waals surface area contributed by atoms with Crippen molar-refractivity contribution in [2.24, 2.45) is 0 Å². The summed E-state index contributed by atoms with van der Waals surface area (Å²) in [4.78, 5) is 24.1. The highest BCUT2D eigenvalue weighted by Crippen LogP contribution is 2.39. The number of ketones is 1. The van der Waals surface area contributed by atoms with Crippen molar-refractivity contribution in [1.82, 2.24) is 5.32 Å². The van der Waals surface area contributed by atoms with Crippen LogP contribution >= 0.6 is 0 Å². The van der Waals surface area contributed by atoms with Crippen LogP contribution in [-0.2, 0) is 9.53 Å². The minimum absolute atomic E-state index is 0.0386. The summed E-state index contributed by atoms with van der Waals surface area (Å²) in [6.45, 7) is 0.522. The van der Waals surface area contributed by atoms with Crippen LogP contribution in [0.4, 0.5) is 0 Å². The van der Waals surface area contributed by atoms with Gasteiger partial charge in [-0.25, -0.2) is 0 Å². The van der Waals surface area contributed by atoms with E-state index in [-0.39, 0.29) is 11.6 Å². The molecule has 0 aromatic heterocycles. The molecule has 1 N–H and O–H groups in total. The highest BCUT2D eigenvalue weighted by Gasteiger charge is 2.41. The van der Waals surface area contributed by atoms with Gasteiger partial charge in [-0.15, -0.1) is 0 Å². The minimum Gasteiger partial charge on any atom is -0.373 e. The highest BCUT2D eigenvalue weighted by atomic mass is 16.5. The Morgan fingerprint density at radius 2 is 1.81 bits per heavy atom. The Bertz CT molecular complexity index is 520. The zero-order valence-corrected chi connectivity index (χ0v) is 12.1. The second-order valence-corrected chi connectivity index (χ2v) is 6.12. The van der Waals surface area contributed by atoms with Gasteiger partial charge >= 0.3 is 0 Å². The third kappa shape index (κ3) is 3.16. The number of carbonyl (C=O) groups is 2. The van der Waals surface area contributed by atoms with E-state index in [1.54, 1.807) is 24.3 Å². The van der Waals surface area contributed by atoms with Gasteiger partial charge in [-0.05, 0) is 19.3 Å². The van der Waals surface area contributed by atoms with Crippen molar-refractivity contribution in [3.63, 3.8) is 0 Å². The highest BCUT2D eigenvalue weighted by molar-refractivity contribution is 6.42. The molecule has 1 aliphatic heterocycles. The molecule has 4 heteroatoms. The summed E-state index contributed by atoms with van der Waals surface area (Å²) in [6.07, 6.45) is 6.65. The number of carbonyl (C=O) groups excluding carboxylic acids is 2. The molecule has 1 saturated heterocycles. The number of amides is 1. The van der Waals surface area contributed by atoms with Gasteiger partial charge in [0, 0.05) is 5.56 Å². The first kappa shape index (κ1) is 14.3. The quantitative estimate of drug-likeness (QED) is 0.686. The van der Waals surface area contributed by atoms with Crippen molar-refractivity contribution in [1.29, 1.82) is 0 Å². The summed E-state index contributed by atoms with van der Waals surface area (Å²) in [5.41, 5.74) is 0.382. The number of nitrogens with one attached hydrogen (secondary N) is 1. The lowest BCUT2D eigenvalue weighted by molar-refractivity contribution is -0.117. The van der Waals surface area contributed by atoms with Crippen molar-refractivity contribution in [3.8, 4) is 0 Å². The van der Waals surface area contributed by atoms with Crippen molar-refractivity contribution in [3.05, 3.63) is 35.9 Å². The second-order valence-electron chi connectivity index (χ2n) is 6.12. The maximum atomic E-state index is 12.1. The number of hydrogen-bond donors (Lipinski definition) is 1. The molecule has 1 atom stereocenters. The molecule has 3 rings (SSSR count). The van der Waals surface area contributed by atoms with Gasteiger partial charge in [-0.1, -0.05) is 49.6 Å². The van der Waals surface area contributed by atoms with Crippen LogP contribution < -0.4 is 5.32 Å². The predicted molar refractivity (Wildman–Crippen MR) is 79.1 cm³/mol. The van der Waals surface area contributed by atoms with E-state index in [4.69, 9.17) is 4.74 Å². The molecule has 21 heavy (non-hydrogen) atoms. The molecule has 2 fully saturated rings. The van der Waals surface area contributed by atoms with Gasteiger partial charge in [0.05, 0.1) is 18.2 Å². The van der Waals surface area contributed by atoms with E-state index >= 15 is 0 Å². The van der Waals surface area contributed by atoms with E-state index in [1.165, 1.54) is 19.3 Å². The molecule has 1 aromatic rings. The van der Waals surface area contributed by atoms with Crippen LogP contribution in [0.5, 0.6) is 0 Å². The van der Waals surface area contributed by atoms with Gasteiger partial charge < -0.3 is 10.1 Å². The molecule has 0 radical (unpaired) electrons. The molecule has 2 aliphatic rings. The summed E-state index contributed by atoms with van der Waals surface area (Å²) in [7, 11) is 0. The van der Waals surface area contributed by atoms with Gasteiger partial charge in [0.25, 0.3) is 5.91 Å². The van der Waals surface area contributed by atoms with Crippen LogP contribution in [0.1, 0.15) is 48.9 Å². The largest absolute Gasteiger partial charge is 0.373 e. The van der Waals surface area contributed by atoms with Crippen LogP contribution in [0.2, 0.25) is 0 Å². The van der Waals surface area contributed by atoms with Crippen molar-refractivity contribution in [2.75, 3.05) is 6.61 Å². The Kier molecular flexibility index (Phi) is 4.06. The molecule has 0 unspecified atom stereocenters. The summed E-state index contributed by atoms with van der Waals surface area (Å²) in [6, 6.07) is 8.63. The fourth-order valence-corrected chi connectivity index (χ4v) is 3.45. The summed E-state index contributed by atoms with van der Waals surface area (Å²) in [5.74, 6) is -0.997. The first-order chi connectivity index (χ1) is 10.2. The van der Waals surface area contributed by atoms with Crippen molar-refractivity contribution in [2.45, 2.75) is 50.2 Å². The first-order valence-electron chi connectivity index (χ1n) is 7.73. The molecular formula is C17H21NO3. The summed E-state index contributed by atoms with van der Waals surface area (Å²) >= 11 is 0. The average Bonchev–Trinajstić information content (AvgIpc) is 2.90. The van der Waals surface area contributed by atoms with E-state index in [0.29, 0.717) is 12.2 Å². The van der Waals surface area contributed by atoms with Crippen LogP contribution in [-0.4, -0.2) is 29.9 Å². The third-order valence-corrected chi connectivity index (χ3v) is 4.55. The molecular weight excluding hydrogens is 266 g/mol. The van der Waals surface area contributed by atoms with Gasteiger partial charge in [0.15, 0.2) is 0 Å². The van der Waals surface area contributed by atoms with Crippen LogP contribution in [0.3, 0.4) is 0 Å². The second kappa shape index (κ2) is 5.98. The number of benzene rings is 1. The summed E-state index contributed by atoms with van der Waals surface area (Å²) in [5, 5.41) is 2.84. The minimum atomic E-state index is -0.525. The Hall–Kier alpha value is -1.68. The van der Waals surface area contributed by atoms with Crippen molar-refractivity contribution < 1.29 is 14.3 Å². The van der Waals surface area contributed by atoms with E-state index < -0.39 is 11.7 Å². The number of Topliss-reactive ketones (excluding diaryl/α,β-unsaturated/α-hetero) is 1. The molecule has 1 amide bonds. The smallest absolute Gasteiger partial charge is 0.292 e. The number of rotatable bonds is 3. The maximum Gasteiger partial charge on any atom is 0.292 e. The molecule has 1 saturated carbocycles. The lowest BCUT2D eigenvalue weighted by Gasteiger charge is -2.32. The maximum absolute atomic E-state index is 12.1. The van der Waals surface area contributed by atoms with E-state index in [1.807, 2.05) is 6.07 Å². The van der Waals surface area contributed by atoms with Gasteiger partial charge in [-0.3, -0.25) is 9.59 Å². The van der Waals surface area contributed by atoms with Gasteiger partial charge in [-0.2, -0.15) is 0 Å². The standard InChI is InChI=1S/C17H21NO3/c19-15(13-7-3-1-4-8-13)16(20)18-14-11-17(21-12-14)9-5-2-6-10-17/h1,3-4,7-8,14H,2,5-6,9-12H2,(H,18,20)/t14-/m0/s1. The third-order valence-electron chi connectivity index (χ3n) is 4.55. The lowest BCUT2D eigenvalue weighted by atomic mass is 9.82.